The molecule has 0 amide bonds. The molecular weight excluding hydrogens is 531 g/mol. The third kappa shape index (κ3) is 8.06. The van der Waals surface area contributed by atoms with Crippen molar-refractivity contribution < 1.29 is 52.1 Å². The first-order valence-corrected chi connectivity index (χ1v) is 13.0. The highest BCUT2D eigenvalue weighted by atomic mass is 31.2. The lowest BCUT2D eigenvalue weighted by Crippen LogP contribution is -2.46. The minimum atomic E-state index is -4.61. The van der Waals surface area contributed by atoms with Crippen LogP contribution >= 0.6 is 7.82 Å². The third-order valence-corrected chi connectivity index (χ3v) is 6.59. The number of phosphoric acid groups is 1. The van der Waals surface area contributed by atoms with Gasteiger partial charge >= 0.3 is 25.5 Å². The van der Waals surface area contributed by atoms with E-state index in [-0.39, 0.29) is 0 Å². The van der Waals surface area contributed by atoms with E-state index >= 15 is 0 Å². The number of esters is 2. The summed E-state index contributed by atoms with van der Waals surface area (Å²) in [5, 5.41) is 21.4. The van der Waals surface area contributed by atoms with Crippen LogP contribution in [-0.2, 0) is 41.9 Å². The van der Waals surface area contributed by atoms with Gasteiger partial charge in [-0.1, -0.05) is 0 Å². The second-order valence-electron chi connectivity index (χ2n) is 10.8. The molecule has 1 fully saturated rings. The fourth-order valence-electron chi connectivity index (χ4n) is 2.99. The number of carbonyl (C=O) groups excluding carboxylic acids is 2. The second-order valence-corrected chi connectivity index (χ2v) is 12.5. The van der Waals surface area contributed by atoms with E-state index in [0.29, 0.717) is 0 Å². The average Bonchev–Trinajstić information content (AvgIpc) is 3.00. The molecular formula is C22H35N2O13P. The van der Waals surface area contributed by atoms with Gasteiger partial charge in [0.2, 0.25) is 13.6 Å². The van der Waals surface area contributed by atoms with Gasteiger partial charge in [0.15, 0.2) is 6.23 Å². The number of hydrogen-bond acceptors (Lipinski definition) is 13. The molecule has 1 aromatic heterocycles. The Labute approximate surface area is 218 Å². The van der Waals surface area contributed by atoms with E-state index < -0.39 is 86.1 Å². The van der Waals surface area contributed by atoms with E-state index in [9.17, 15) is 34.0 Å². The molecule has 15 nitrogen and oxygen atoms in total. The van der Waals surface area contributed by atoms with Gasteiger partial charge in [0, 0.05) is 12.3 Å². The number of H-pyrrole nitrogens is 1. The summed E-state index contributed by atoms with van der Waals surface area (Å²) in [5.74, 6) is -1.36. The van der Waals surface area contributed by atoms with Crippen molar-refractivity contribution in [3.05, 3.63) is 33.1 Å². The number of aromatic nitrogens is 2. The number of ether oxygens (including phenoxy) is 3. The topological polar surface area (TPSA) is 202 Å². The van der Waals surface area contributed by atoms with E-state index in [1.54, 1.807) is 41.5 Å². The minimum Gasteiger partial charge on any atom is -0.437 e. The van der Waals surface area contributed by atoms with Gasteiger partial charge in [-0.3, -0.25) is 28.5 Å². The number of carbonyl (C=O) groups is 2. The van der Waals surface area contributed by atoms with Crippen molar-refractivity contribution in [3.63, 3.8) is 0 Å². The second kappa shape index (κ2) is 11.8. The molecule has 1 saturated heterocycles. The van der Waals surface area contributed by atoms with E-state index in [0.717, 1.165) is 16.8 Å². The zero-order valence-corrected chi connectivity index (χ0v) is 23.2. The zero-order valence-electron chi connectivity index (χ0n) is 22.3. The predicted molar refractivity (Wildman–Crippen MR) is 128 cm³/mol. The van der Waals surface area contributed by atoms with Crippen LogP contribution in [0, 0.1) is 10.8 Å². The SMILES string of the molecule is CC(C)(C)C(=O)OCOP(=O)(OCOC(=O)C(C)(C)C)OC[C@H]1O[C@@H](n2ccc(=O)[nH]c2=O)C(C)(O)C1O. The molecule has 4 atom stereocenters. The van der Waals surface area contributed by atoms with E-state index in [1.165, 1.54) is 6.92 Å². The third-order valence-electron chi connectivity index (χ3n) is 5.28. The summed E-state index contributed by atoms with van der Waals surface area (Å²) in [6.45, 7) is 8.31. The molecule has 38 heavy (non-hydrogen) atoms. The van der Waals surface area contributed by atoms with E-state index in [4.69, 9.17) is 27.8 Å². The van der Waals surface area contributed by atoms with Gasteiger partial charge in [-0.05, 0) is 48.5 Å². The van der Waals surface area contributed by atoms with Crippen LogP contribution in [0.25, 0.3) is 0 Å². The molecule has 2 heterocycles. The maximum Gasteiger partial charge on any atom is 0.480 e. The average molecular weight is 566 g/mol. The van der Waals surface area contributed by atoms with E-state index in [1.807, 2.05) is 4.98 Å². The van der Waals surface area contributed by atoms with Crippen LogP contribution in [0.5, 0.6) is 0 Å². The van der Waals surface area contributed by atoms with Gasteiger partial charge in [0.25, 0.3) is 5.56 Å². The van der Waals surface area contributed by atoms with Crippen molar-refractivity contribution in [2.45, 2.75) is 72.5 Å². The number of aliphatic hydroxyl groups is 2. The van der Waals surface area contributed by atoms with Crippen LogP contribution in [0.1, 0.15) is 54.7 Å². The molecule has 2 rings (SSSR count). The summed E-state index contributed by atoms with van der Waals surface area (Å²) in [4.78, 5) is 49.5. The smallest absolute Gasteiger partial charge is 0.437 e. The van der Waals surface area contributed by atoms with Gasteiger partial charge < -0.3 is 24.4 Å². The fraction of sp³-hybridized carbons (Fsp3) is 0.727. The molecule has 3 N–H and O–H groups in total. The van der Waals surface area contributed by atoms with Crippen molar-refractivity contribution in [2.24, 2.45) is 10.8 Å². The zero-order chi connectivity index (χ0) is 29.1. The van der Waals surface area contributed by atoms with Gasteiger partial charge in [-0.2, -0.15) is 0 Å². The quantitative estimate of drug-likeness (QED) is 0.204. The van der Waals surface area contributed by atoms with Crippen LogP contribution in [0.2, 0.25) is 0 Å². The number of rotatable bonds is 10. The molecule has 1 aromatic rings. The summed E-state index contributed by atoms with van der Waals surface area (Å²) in [6, 6.07) is 1.02. The lowest BCUT2D eigenvalue weighted by molar-refractivity contribution is -0.163. The molecule has 0 radical (unpaired) electrons. The van der Waals surface area contributed by atoms with Crippen molar-refractivity contribution in [3.8, 4) is 0 Å². The monoisotopic (exact) mass is 566 g/mol. The maximum absolute atomic E-state index is 13.2. The molecule has 2 unspecified atom stereocenters. The molecule has 0 spiro atoms. The lowest BCUT2D eigenvalue weighted by Gasteiger charge is -2.27. The first-order valence-electron chi connectivity index (χ1n) is 11.5. The minimum absolute atomic E-state index is 0.678. The Hall–Kier alpha value is -2.39. The summed E-state index contributed by atoms with van der Waals surface area (Å²) in [7, 11) is -4.61. The van der Waals surface area contributed by atoms with Crippen molar-refractivity contribution >= 4 is 19.8 Å². The summed E-state index contributed by atoms with van der Waals surface area (Å²) < 4.78 is 44.8. The number of phosphoric ester groups is 1. The van der Waals surface area contributed by atoms with Gasteiger partial charge in [0.1, 0.15) is 17.8 Å². The Balaban J connectivity index is 2.14. The highest BCUT2D eigenvalue weighted by Gasteiger charge is 2.54. The van der Waals surface area contributed by atoms with Crippen LogP contribution in [0.3, 0.4) is 0 Å². The molecule has 0 aliphatic carbocycles. The molecule has 0 bridgehead atoms. The molecule has 1 aliphatic rings. The molecule has 0 aromatic carbocycles. The number of aliphatic hydroxyl groups excluding tert-OH is 1. The van der Waals surface area contributed by atoms with Crippen LogP contribution in [0.4, 0.5) is 0 Å². The van der Waals surface area contributed by atoms with Crippen molar-refractivity contribution in [2.75, 3.05) is 20.2 Å². The van der Waals surface area contributed by atoms with Gasteiger partial charge in [0.05, 0.1) is 17.4 Å². The first kappa shape index (κ1) is 31.8. The van der Waals surface area contributed by atoms with Gasteiger partial charge in [-0.15, -0.1) is 0 Å². The Kier molecular flexibility index (Phi) is 9.87. The van der Waals surface area contributed by atoms with Gasteiger partial charge in [-0.25, -0.2) is 18.4 Å². The number of nitrogens with zero attached hydrogens (tertiary/aromatic N) is 1. The highest BCUT2D eigenvalue weighted by molar-refractivity contribution is 7.48. The van der Waals surface area contributed by atoms with Crippen LogP contribution in [0.15, 0.2) is 21.9 Å². The number of nitrogens with one attached hydrogen (secondary N) is 1. The Bertz CT molecular complexity index is 1130. The largest absolute Gasteiger partial charge is 0.480 e. The lowest BCUT2D eigenvalue weighted by atomic mass is 9.96. The molecule has 0 saturated carbocycles. The van der Waals surface area contributed by atoms with Crippen LogP contribution < -0.4 is 11.2 Å². The Morgan fingerprint density at radius 3 is 2.00 bits per heavy atom. The predicted octanol–water partition coefficient (Wildman–Crippen LogP) is 0.797. The van der Waals surface area contributed by atoms with Crippen molar-refractivity contribution in [1.29, 1.82) is 0 Å². The Morgan fingerprint density at radius 1 is 1.05 bits per heavy atom. The van der Waals surface area contributed by atoms with Crippen LogP contribution in [-0.4, -0.2) is 69.7 Å². The maximum atomic E-state index is 13.2. The van der Waals surface area contributed by atoms with E-state index in [2.05, 4.69) is 0 Å². The first-order chi connectivity index (χ1) is 17.3. The summed E-state index contributed by atoms with van der Waals surface area (Å²) in [6.07, 6.45) is -3.43. The standard InChI is InChI=1S/C22H35N2O13P/c1-20(2,3)17(27)32-11-35-38(31,36-12-33-18(28)21(4,5)6)34-10-13-15(26)22(7,30)16(37-13)24-9-8-14(25)23-19(24)29/h8-9,13,15-16,26,30H,10-12H2,1-7H3,(H,23,25,29)/t13-,15?,16-,22?/m1/s1. The molecule has 216 valence electrons. The fourth-order valence-corrected chi connectivity index (χ4v) is 3.90. The highest BCUT2D eigenvalue weighted by Crippen LogP contribution is 2.50. The normalized spacial score (nSPS) is 24.3. The number of aromatic amines is 1. The molecule has 1 aliphatic heterocycles. The summed E-state index contributed by atoms with van der Waals surface area (Å²) in [5.41, 5.74) is -5.42. The summed E-state index contributed by atoms with van der Waals surface area (Å²) >= 11 is 0. The number of hydrogen-bond donors (Lipinski definition) is 3. The van der Waals surface area contributed by atoms with Crippen molar-refractivity contribution in [1.82, 2.24) is 9.55 Å². The Morgan fingerprint density at radius 2 is 1.55 bits per heavy atom. The molecule has 16 heteroatoms.